The van der Waals surface area contributed by atoms with Gasteiger partial charge >= 0.3 is 5.97 Å². The van der Waals surface area contributed by atoms with Gasteiger partial charge in [-0.25, -0.2) is 4.79 Å². The first-order valence-corrected chi connectivity index (χ1v) is 8.35. The maximum atomic E-state index is 12.5. The Morgan fingerprint density at radius 1 is 1.15 bits per heavy atom. The Bertz CT molecular complexity index is 862. The number of aryl methyl sites for hydroxylation is 1. The number of carbonyl (C=O) groups excluding carboxylic acids is 3. The van der Waals surface area contributed by atoms with Crippen molar-refractivity contribution < 1.29 is 19.1 Å². The minimum Gasteiger partial charge on any atom is -0.465 e. The zero-order chi connectivity index (χ0) is 18.7. The molecule has 134 valence electrons. The van der Waals surface area contributed by atoms with E-state index < -0.39 is 11.9 Å². The van der Waals surface area contributed by atoms with Gasteiger partial charge in [0.1, 0.15) is 0 Å². The second-order valence-corrected chi connectivity index (χ2v) is 6.27. The summed E-state index contributed by atoms with van der Waals surface area (Å²) in [5.74, 6) is -1.39. The molecule has 1 saturated heterocycles. The number of nitrogens with one attached hydrogen (secondary N) is 1. The first kappa shape index (κ1) is 17.7. The number of para-hydroxylation sites is 1. The normalized spacial score (nSPS) is 16.5. The smallest absolute Gasteiger partial charge is 0.339 e. The van der Waals surface area contributed by atoms with E-state index in [0.29, 0.717) is 16.9 Å². The molecular formula is C20H20N2O4. The van der Waals surface area contributed by atoms with Crippen molar-refractivity contribution in [3.8, 4) is 0 Å². The number of benzene rings is 2. The van der Waals surface area contributed by atoms with Gasteiger partial charge in [-0.2, -0.15) is 0 Å². The van der Waals surface area contributed by atoms with E-state index >= 15 is 0 Å². The van der Waals surface area contributed by atoms with Crippen LogP contribution in [0.2, 0.25) is 0 Å². The molecule has 3 rings (SSSR count). The Balaban J connectivity index is 1.77. The van der Waals surface area contributed by atoms with Gasteiger partial charge in [-0.05, 0) is 36.8 Å². The minimum atomic E-state index is -0.513. The Morgan fingerprint density at radius 2 is 1.92 bits per heavy atom. The van der Waals surface area contributed by atoms with E-state index in [-0.39, 0.29) is 24.8 Å². The lowest BCUT2D eigenvalue weighted by Crippen LogP contribution is -2.29. The van der Waals surface area contributed by atoms with Gasteiger partial charge in [0.15, 0.2) is 0 Å². The molecule has 6 nitrogen and oxygen atoms in total. The summed E-state index contributed by atoms with van der Waals surface area (Å²) in [7, 11) is 1.29. The summed E-state index contributed by atoms with van der Waals surface area (Å²) in [4.78, 5) is 38.4. The summed E-state index contributed by atoms with van der Waals surface area (Å²) in [6, 6.07) is 14.2. The van der Waals surface area contributed by atoms with Crippen molar-refractivity contribution in [2.24, 2.45) is 5.92 Å². The van der Waals surface area contributed by atoms with Gasteiger partial charge in [0.05, 0.1) is 24.3 Å². The molecule has 1 aliphatic heterocycles. The minimum absolute atomic E-state index is 0.104. The average Bonchev–Trinajstić information content (AvgIpc) is 3.03. The fourth-order valence-corrected chi connectivity index (χ4v) is 3.07. The number of methoxy groups -OCH3 is 1. The molecule has 0 radical (unpaired) electrons. The summed E-state index contributed by atoms with van der Waals surface area (Å²) in [6.07, 6.45) is 0.104. The molecule has 0 saturated carbocycles. The predicted octanol–water partition coefficient (Wildman–Crippen LogP) is 2.77. The molecule has 2 aromatic carbocycles. The highest BCUT2D eigenvalue weighted by Gasteiger charge is 2.36. The van der Waals surface area contributed by atoms with E-state index in [1.54, 1.807) is 24.3 Å². The number of nitrogens with zero attached hydrogens (tertiary/aromatic N) is 1. The van der Waals surface area contributed by atoms with Gasteiger partial charge in [-0.3, -0.25) is 9.59 Å². The number of hydrogen-bond donors (Lipinski definition) is 1. The number of carbonyl (C=O) groups is 3. The monoisotopic (exact) mass is 352 g/mol. The summed E-state index contributed by atoms with van der Waals surface area (Å²) in [5, 5.41) is 2.86. The van der Waals surface area contributed by atoms with Crippen molar-refractivity contribution in [3.05, 3.63) is 59.7 Å². The van der Waals surface area contributed by atoms with Crippen LogP contribution < -0.4 is 10.2 Å². The van der Waals surface area contributed by atoms with E-state index in [4.69, 9.17) is 4.74 Å². The first-order valence-electron chi connectivity index (χ1n) is 8.35. The van der Waals surface area contributed by atoms with Crippen LogP contribution in [-0.2, 0) is 14.3 Å². The summed E-state index contributed by atoms with van der Waals surface area (Å²) < 4.78 is 4.78. The number of ether oxygens (including phenoxy) is 1. The van der Waals surface area contributed by atoms with Gasteiger partial charge in [0.25, 0.3) is 0 Å². The van der Waals surface area contributed by atoms with Crippen molar-refractivity contribution in [2.75, 3.05) is 23.9 Å². The predicted molar refractivity (Wildman–Crippen MR) is 98.1 cm³/mol. The zero-order valence-electron chi connectivity index (χ0n) is 14.7. The van der Waals surface area contributed by atoms with Gasteiger partial charge < -0.3 is 15.0 Å². The lowest BCUT2D eigenvalue weighted by atomic mass is 10.1. The van der Waals surface area contributed by atoms with Gasteiger partial charge in [-0.1, -0.05) is 24.3 Å². The van der Waals surface area contributed by atoms with Crippen LogP contribution >= 0.6 is 0 Å². The fraction of sp³-hybridized carbons (Fsp3) is 0.250. The molecular weight excluding hydrogens is 332 g/mol. The number of amides is 2. The molecule has 2 amide bonds. The van der Waals surface area contributed by atoms with Crippen LogP contribution in [0.15, 0.2) is 48.5 Å². The zero-order valence-corrected chi connectivity index (χ0v) is 14.7. The van der Waals surface area contributed by atoms with Gasteiger partial charge in [0.2, 0.25) is 11.8 Å². The second-order valence-electron chi connectivity index (χ2n) is 6.27. The van der Waals surface area contributed by atoms with Crippen LogP contribution in [-0.4, -0.2) is 31.4 Å². The van der Waals surface area contributed by atoms with E-state index in [9.17, 15) is 14.4 Å². The topological polar surface area (TPSA) is 75.7 Å². The molecule has 0 aliphatic carbocycles. The standard InChI is InChI=1S/C20H20N2O4/c1-13-6-5-7-15(10-13)21-19(24)14-11-18(23)22(12-14)17-9-4-3-8-16(17)20(25)26-2/h3-10,14H,11-12H2,1-2H3,(H,21,24). The summed E-state index contributed by atoms with van der Waals surface area (Å²) >= 11 is 0. The van der Waals surface area contributed by atoms with E-state index in [1.165, 1.54) is 12.0 Å². The molecule has 1 fully saturated rings. The second kappa shape index (κ2) is 7.39. The average molecular weight is 352 g/mol. The van der Waals surface area contributed by atoms with E-state index in [2.05, 4.69) is 5.32 Å². The van der Waals surface area contributed by atoms with Crippen molar-refractivity contribution in [3.63, 3.8) is 0 Å². The third-order valence-corrected chi connectivity index (χ3v) is 4.38. The molecule has 6 heteroatoms. The maximum Gasteiger partial charge on any atom is 0.339 e. The molecule has 26 heavy (non-hydrogen) atoms. The van der Waals surface area contributed by atoms with Gasteiger partial charge in [-0.15, -0.1) is 0 Å². The lowest BCUT2D eigenvalue weighted by molar-refractivity contribution is -0.122. The third-order valence-electron chi connectivity index (χ3n) is 4.38. The molecule has 1 unspecified atom stereocenters. The van der Waals surface area contributed by atoms with Crippen molar-refractivity contribution in [1.29, 1.82) is 0 Å². The van der Waals surface area contributed by atoms with Crippen LogP contribution in [0.3, 0.4) is 0 Å². The molecule has 1 aliphatic rings. The molecule has 0 aromatic heterocycles. The lowest BCUT2D eigenvalue weighted by Gasteiger charge is -2.19. The van der Waals surface area contributed by atoms with Crippen LogP contribution in [0.25, 0.3) is 0 Å². The molecule has 1 heterocycles. The SMILES string of the molecule is COC(=O)c1ccccc1N1CC(C(=O)Nc2cccc(C)c2)CC1=O. The molecule has 1 N–H and O–H groups in total. The van der Waals surface area contributed by atoms with Crippen LogP contribution in [0.5, 0.6) is 0 Å². The van der Waals surface area contributed by atoms with Gasteiger partial charge in [0, 0.05) is 18.7 Å². The number of anilines is 2. The Morgan fingerprint density at radius 3 is 2.65 bits per heavy atom. The van der Waals surface area contributed by atoms with Crippen LogP contribution in [0.1, 0.15) is 22.3 Å². The number of rotatable bonds is 4. The quantitative estimate of drug-likeness (QED) is 0.859. The Kier molecular flexibility index (Phi) is 5.02. The van der Waals surface area contributed by atoms with Crippen molar-refractivity contribution in [2.45, 2.75) is 13.3 Å². The van der Waals surface area contributed by atoms with E-state index in [1.807, 2.05) is 31.2 Å². The first-order chi connectivity index (χ1) is 12.5. The molecule has 2 aromatic rings. The maximum absolute atomic E-state index is 12.5. The highest BCUT2D eigenvalue weighted by molar-refractivity contribution is 6.07. The molecule has 1 atom stereocenters. The molecule has 0 spiro atoms. The number of hydrogen-bond acceptors (Lipinski definition) is 4. The third kappa shape index (κ3) is 3.59. The van der Waals surface area contributed by atoms with Crippen molar-refractivity contribution in [1.82, 2.24) is 0 Å². The highest BCUT2D eigenvalue weighted by atomic mass is 16.5. The summed E-state index contributed by atoms with van der Waals surface area (Å²) in [6.45, 7) is 2.17. The highest BCUT2D eigenvalue weighted by Crippen LogP contribution is 2.29. The van der Waals surface area contributed by atoms with Crippen LogP contribution in [0, 0.1) is 12.8 Å². The molecule has 0 bridgehead atoms. The Labute approximate surface area is 151 Å². The fourth-order valence-electron chi connectivity index (χ4n) is 3.07. The largest absolute Gasteiger partial charge is 0.465 e. The van der Waals surface area contributed by atoms with Crippen molar-refractivity contribution >= 4 is 29.2 Å². The number of esters is 1. The Hall–Kier alpha value is -3.15. The summed E-state index contributed by atoms with van der Waals surface area (Å²) in [5.41, 5.74) is 2.52. The van der Waals surface area contributed by atoms with Crippen LogP contribution in [0.4, 0.5) is 11.4 Å². The van der Waals surface area contributed by atoms with E-state index in [0.717, 1.165) is 5.56 Å².